The van der Waals surface area contributed by atoms with E-state index >= 15 is 0 Å². The molecule has 4 nitrogen and oxygen atoms in total. The van der Waals surface area contributed by atoms with E-state index in [2.05, 4.69) is 14.9 Å². The highest BCUT2D eigenvalue weighted by Gasteiger charge is 2.36. The van der Waals surface area contributed by atoms with Gasteiger partial charge >= 0.3 is 0 Å². The minimum atomic E-state index is -0.149. The van der Waals surface area contributed by atoms with Gasteiger partial charge in [-0.05, 0) is 12.8 Å². The highest BCUT2D eigenvalue weighted by atomic mass is 15.2. The van der Waals surface area contributed by atoms with E-state index in [1.54, 1.807) is 0 Å². The summed E-state index contributed by atoms with van der Waals surface area (Å²) < 4.78 is 2.24. The second-order valence-corrected chi connectivity index (χ2v) is 4.41. The summed E-state index contributed by atoms with van der Waals surface area (Å²) in [4.78, 5) is 4.47. The first-order valence-electron chi connectivity index (χ1n) is 5.38. The highest BCUT2D eigenvalue weighted by molar-refractivity contribution is 5.39. The number of fused-ring (bicyclic) bond motifs is 1. The molecule has 1 fully saturated rings. The van der Waals surface area contributed by atoms with E-state index in [0.29, 0.717) is 0 Å². The van der Waals surface area contributed by atoms with E-state index in [9.17, 15) is 0 Å². The summed E-state index contributed by atoms with van der Waals surface area (Å²) in [6.07, 6.45) is 6.57. The SMILES string of the molecule is NC1(c2ncc3n2CCN3)CCCC1. The van der Waals surface area contributed by atoms with Crippen molar-refractivity contribution in [2.75, 3.05) is 11.9 Å². The molecule has 0 atom stereocenters. The van der Waals surface area contributed by atoms with Crippen molar-refractivity contribution in [2.45, 2.75) is 37.8 Å². The maximum atomic E-state index is 6.39. The van der Waals surface area contributed by atoms with Crippen LogP contribution in [0.2, 0.25) is 0 Å². The topological polar surface area (TPSA) is 55.9 Å². The fourth-order valence-corrected chi connectivity index (χ4v) is 2.67. The molecule has 0 unspecified atom stereocenters. The third kappa shape index (κ3) is 1.00. The number of hydrogen-bond acceptors (Lipinski definition) is 3. The number of aromatic nitrogens is 2. The number of nitrogens with one attached hydrogen (secondary N) is 1. The molecule has 1 saturated carbocycles. The van der Waals surface area contributed by atoms with Gasteiger partial charge in [0, 0.05) is 13.1 Å². The van der Waals surface area contributed by atoms with Crippen molar-refractivity contribution in [3.05, 3.63) is 12.0 Å². The van der Waals surface area contributed by atoms with Crippen molar-refractivity contribution in [3.8, 4) is 0 Å². The van der Waals surface area contributed by atoms with E-state index in [1.807, 2.05) is 6.20 Å². The molecule has 3 rings (SSSR count). The molecule has 1 aliphatic carbocycles. The van der Waals surface area contributed by atoms with Crippen LogP contribution in [0.15, 0.2) is 6.20 Å². The number of anilines is 1. The average Bonchev–Trinajstić information content (AvgIpc) is 2.76. The van der Waals surface area contributed by atoms with Crippen LogP contribution < -0.4 is 11.1 Å². The van der Waals surface area contributed by atoms with Gasteiger partial charge in [0.15, 0.2) is 0 Å². The molecule has 1 aromatic rings. The minimum Gasteiger partial charge on any atom is -0.368 e. The Labute approximate surface area is 83.5 Å². The molecule has 1 aromatic heterocycles. The first-order chi connectivity index (χ1) is 6.80. The van der Waals surface area contributed by atoms with E-state index in [-0.39, 0.29) is 5.54 Å². The predicted octanol–water partition coefficient (Wildman–Crippen LogP) is 1.04. The monoisotopic (exact) mass is 192 g/mol. The second kappa shape index (κ2) is 2.73. The zero-order valence-corrected chi connectivity index (χ0v) is 8.29. The molecule has 3 N–H and O–H groups in total. The summed E-state index contributed by atoms with van der Waals surface area (Å²) in [7, 11) is 0. The maximum Gasteiger partial charge on any atom is 0.130 e. The number of hydrogen-bond donors (Lipinski definition) is 2. The number of nitrogens with zero attached hydrogens (tertiary/aromatic N) is 2. The average molecular weight is 192 g/mol. The molecule has 0 bridgehead atoms. The van der Waals surface area contributed by atoms with Gasteiger partial charge < -0.3 is 15.6 Å². The summed E-state index contributed by atoms with van der Waals surface area (Å²) >= 11 is 0. The smallest absolute Gasteiger partial charge is 0.130 e. The summed E-state index contributed by atoms with van der Waals surface area (Å²) in [6, 6.07) is 0. The molecule has 0 amide bonds. The van der Waals surface area contributed by atoms with Crippen LogP contribution in [0.4, 0.5) is 5.82 Å². The molecule has 0 saturated heterocycles. The third-order valence-corrected chi connectivity index (χ3v) is 3.44. The lowest BCUT2D eigenvalue weighted by molar-refractivity contribution is 0.414. The quantitative estimate of drug-likeness (QED) is 0.699. The molecular formula is C10H16N4. The van der Waals surface area contributed by atoms with Crippen LogP contribution in [0.3, 0.4) is 0 Å². The molecule has 2 aliphatic rings. The Morgan fingerprint density at radius 2 is 2.21 bits per heavy atom. The highest BCUT2D eigenvalue weighted by Crippen LogP contribution is 2.37. The Balaban J connectivity index is 2.03. The van der Waals surface area contributed by atoms with Gasteiger partial charge in [0.25, 0.3) is 0 Å². The maximum absolute atomic E-state index is 6.39. The Kier molecular flexibility index (Phi) is 1.62. The molecule has 2 heterocycles. The van der Waals surface area contributed by atoms with E-state index in [0.717, 1.165) is 37.6 Å². The van der Waals surface area contributed by atoms with Crippen LogP contribution in [0.25, 0.3) is 0 Å². The van der Waals surface area contributed by atoms with Gasteiger partial charge in [0.05, 0.1) is 11.7 Å². The summed E-state index contributed by atoms with van der Waals surface area (Å²) in [6.45, 7) is 2.03. The molecule has 4 heteroatoms. The number of rotatable bonds is 1. The van der Waals surface area contributed by atoms with Crippen LogP contribution in [-0.2, 0) is 12.1 Å². The molecule has 76 valence electrons. The summed E-state index contributed by atoms with van der Waals surface area (Å²) in [5, 5.41) is 3.31. The van der Waals surface area contributed by atoms with Crippen LogP contribution in [-0.4, -0.2) is 16.1 Å². The molecule has 0 aromatic carbocycles. The standard InChI is InChI=1S/C10H16N4/c11-10(3-1-2-4-10)9-13-7-8-12-5-6-14(8)9/h7,12H,1-6,11H2. The zero-order chi connectivity index (χ0) is 9.60. The van der Waals surface area contributed by atoms with Crippen LogP contribution in [0, 0.1) is 0 Å². The van der Waals surface area contributed by atoms with E-state index < -0.39 is 0 Å². The minimum absolute atomic E-state index is 0.149. The van der Waals surface area contributed by atoms with E-state index in [4.69, 9.17) is 5.73 Å². The van der Waals surface area contributed by atoms with Crippen molar-refractivity contribution >= 4 is 5.82 Å². The zero-order valence-electron chi connectivity index (χ0n) is 8.29. The first-order valence-corrected chi connectivity index (χ1v) is 5.38. The molecular weight excluding hydrogens is 176 g/mol. The van der Waals surface area contributed by atoms with Gasteiger partial charge in [-0.15, -0.1) is 0 Å². The van der Waals surface area contributed by atoms with Crippen molar-refractivity contribution < 1.29 is 0 Å². The lowest BCUT2D eigenvalue weighted by Gasteiger charge is -2.23. The van der Waals surface area contributed by atoms with Gasteiger partial charge in [-0.25, -0.2) is 4.98 Å². The van der Waals surface area contributed by atoms with Crippen molar-refractivity contribution in [2.24, 2.45) is 5.73 Å². The lowest BCUT2D eigenvalue weighted by Crippen LogP contribution is -2.36. The van der Waals surface area contributed by atoms with Crippen LogP contribution in [0.5, 0.6) is 0 Å². The predicted molar refractivity (Wildman–Crippen MR) is 55.1 cm³/mol. The Bertz CT molecular complexity index is 349. The molecule has 14 heavy (non-hydrogen) atoms. The van der Waals surface area contributed by atoms with Gasteiger partial charge in [0.2, 0.25) is 0 Å². The van der Waals surface area contributed by atoms with Gasteiger partial charge in [-0.3, -0.25) is 0 Å². The molecule has 0 radical (unpaired) electrons. The van der Waals surface area contributed by atoms with Gasteiger partial charge in [-0.2, -0.15) is 0 Å². The fraction of sp³-hybridized carbons (Fsp3) is 0.700. The second-order valence-electron chi connectivity index (χ2n) is 4.41. The summed E-state index contributed by atoms with van der Waals surface area (Å²) in [5.74, 6) is 2.23. The lowest BCUT2D eigenvalue weighted by atomic mass is 9.98. The molecule has 1 aliphatic heterocycles. The normalized spacial score (nSPS) is 23.5. The number of nitrogens with two attached hydrogens (primary N) is 1. The number of imidazole rings is 1. The fourth-order valence-electron chi connectivity index (χ4n) is 2.67. The van der Waals surface area contributed by atoms with E-state index in [1.165, 1.54) is 12.8 Å². The first kappa shape index (κ1) is 8.29. The third-order valence-electron chi connectivity index (χ3n) is 3.44. The van der Waals surface area contributed by atoms with Crippen LogP contribution >= 0.6 is 0 Å². The van der Waals surface area contributed by atoms with Crippen molar-refractivity contribution in [3.63, 3.8) is 0 Å². The van der Waals surface area contributed by atoms with Crippen molar-refractivity contribution in [1.29, 1.82) is 0 Å². The summed E-state index contributed by atoms with van der Waals surface area (Å²) in [5.41, 5.74) is 6.24. The Morgan fingerprint density at radius 1 is 1.43 bits per heavy atom. The van der Waals surface area contributed by atoms with Gasteiger partial charge in [-0.1, -0.05) is 12.8 Å². The van der Waals surface area contributed by atoms with Gasteiger partial charge in [0.1, 0.15) is 11.6 Å². The Hall–Kier alpha value is -1.03. The van der Waals surface area contributed by atoms with Crippen molar-refractivity contribution in [1.82, 2.24) is 9.55 Å². The largest absolute Gasteiger partial charge is 0.368 e. The van der Waals surface area contributed by atoms with Crippen LogP contribution in [0.1, 0.15) is 31.5 Å². The molecule has 0 spiro atoms. The Morgan fingerprint density at radius 3 is 3.00 bits per heavy atom.